The van der Waals surface area contributed by atoms with E-state index in [-0.39, 0.29) is 22.9 Å². The number of carbonyl (C=O) groups is 1. The van der Waals surface area contributed by atoms with Gasteiger partial charge in [0.2, 0.25) is 5.91 Å². The highest BCUT2D eigenvalue weighted by atomic mass is 32.2. The van der Waals surface area contributed by atoms with E-state index >= 15 is 0 Å². The zero-order valence-electron chi connectivity index (χ0n) is 15.8. The number of benzene rings is 2. The smallest absolute Gasteiger partial charge is 0.406 e. The molecule has 164 valence electrons. The first kappa shape index (κ1) is 22.6. The van der Waals surface area contributed by atoms with Gasteiger partial charge in [-0.1, -0.05) is 18.2 Å². The lowest BCUT2D eigenvalue weighted by molar-refractivity contribution is -0.274. The Balaban J connectivity index is 1.57. The Bertz CT molecular complexity index is 1110. The highest BCUT2D eigenvalue weighted by Crippen LogP contribution is 2.25. The maximum Gasteiger partial charge on any atom is 0.573 e. The van der Waals surface area contributed by atoms with Gasteiger partial charge in [-0.05, 0) is 53.4 Å². The number of sulfonamides is 1. The molecule has 0 unspecified atom stereocenters. The van der Waals surface area contributed by atoms with E-state index in [9.17, 15) is 26.4 Å². The van der Waals surface area contributed by atoms with Crippen LogP contribution >= 0.6 is 11.3 Å². The first-order chi connectivity index (χ1) is 14.6. The zero-order valence-corrected chi connectivity index (χ0v) is 17.5. The Morgan fingerprint density at radius 2 is 1.68 bits per heavy atom. The number of anilines is 1. The van der Waals surface area contributed by atoms with Crippen molar-refractivity contribution in [2.45, 2.75) is 24.2 Å². The fraction of sp³-hybridized carbons (Fsp3) is 0.150. The molecule has 31 heavy (non-hydrogen) atoms. The summed E-state index contributed by atoms with van der Waals surface area (Å²) >= 11 is 1.54. The number of amides is 1. The molecule has 11 heteroatoms. The maximum absolute atomic E-state index is 12.4. The zero-order chi connectivity index (χ0) is 22.5. The van der Waals surface area contributed by atoms with Crippen molar-refractivity contribution in [3.63, 3.8) is 0 Å². The molecule has 0 atom stereocenters. The Kier molecular flexibility index (Phi) is 6.86. The topological polar surface area (TPSA) is 84.5 Å². The molecule has 2 aromatic carbocycles. The largest absolute Gasteiger partial charge is 0.573 e. The van der Waals surface area contributed by atoms with Crippen molar-refractivity contribution >= 4 is 33.0 Å². The van der Waals surface area contributed by atoms with Gasteiger partial charge in [0.1, 0.15) is 5.75 Å². The number of rotatable bonds is 8. The van der Waals surface area contributed by atoms with E-state index in [4.69, 9.17) is 0 Å². The molecule has 0 saturated carbocycles. The monoisotopic (exact) mass is 470 g/mol. The standard InChI is InChI=1S/C20H17F3N2O4S2/c21-20(22,23)29-16-7-9-18(10-8-16)31(27,28)25-15-5-3-14(4-6-15)12-19(26)24-13-17-2-1-11-30-17/h1-11,25H,12-13H2,(H,24,26). The fourth-order valence-electron chi connectivity index (χ4n) is 2.57. The molecule has 1 amide bonds. The normalized spacial score (nSPS) is 11.7. The number of hydrogen-bond donors (Lipinski definition) is 2. The van der Waals surface area contributed by atoms with Crippen LogP contribution in [0.2, 0.25) is 0 Å². The molecule has 0 aliphatic carbocycles. The van der Waals surface area contributed by atoms with E-state index in [1.54, 1.807) is 23.5 Å². The van der Waals surface area contributed by atoms with Crippen molar-refractivity contribution in [3.05, 3.63) is 76.5 Å². The lowest BCUT2D eigenvalue weighted by Crippen LogP contribution is -2.24. The van der Waals surface area contributed by atoms with E-state index in [0.29, 0.717) is 12.1 Å². The van der Waals surface area contributed by atoms with Crippen LogP contribution in [-0.4, -0.2) is 20.7 Å². The van der Waals surface area contributed by atoms with Crippen LogP contribution < -0.4 is 14.8 Å². The molecule has 0 aliphatic rings. The van der Waals surface area contributed by atoms with E-state index < -0.39 is 22.1 Å². The molecule has 0 bridgehead atoms. The van der Waals surface area contributed by atoms with Crippen LogP contribution in [-0.2, 0) is 27.8 Å². The van der Waals surface area contributed by atoms with Crippen LogP contribution in [0.25, 0.3) is 0 Å². The number of ether oxygens (including phenoxy) is 1. The van der Waals surface area contributed by atoms with E-state index in [1.165, 1.54) is 12.1 Å². The fourth-order valence-corrected chi connectivity index (χ4v) is 4.28. The molecule has 1 heterocycles. The van der Waals surface area contributed by atoms with Gasteiger partial charge in [-0.2, -0.15) is 0 Å². The van der Waals surface area contributed by atoms with Crippen molar-refractivity contribution in [1.29, 1.82) is 0 Å². The minimum atomic E-state index is -4.86. The highest BCUT2D eigenvalue weighted by molar-refractivity contribution is 7.92. The van der Waals surface area contributed by atoms with Gasteiger partial charge in [-0.25, -0.2) is 8.42 Å². The van der Waals surface area contributed by atoms with Crippen LogP contribution in [0.3, 0.4) is 0 Å². The average molecular weight is 470 g/mol. The summed E-state index contributed by atoms with van der Waals surface area (Å²) in [5, 5.41) is 4.73. The summed E-state index contributed by atoms with van der Waals surface area (Å²) in [6.07, 6.45) is -4.72. The summed E-state index contributed by atoms with van der Waals surface area (Å²) in [5.74, 6) is -0.684. The summed E-state index contributed by atoms with van der Waals surface area (Å²) < 4.78 is 67.5. The second kappa shape index (κ2) is 9.40. The third-order valence-corrected chi connectivity index (χ3v) is 6.25. The van der Waals surface area contributed by atoms with Gasteiger partial charge in [0.05, 0.1) is 17.9 Å². The molecular weight excluding hydrogens is 453 g/mol. The molecule has 3 rings (SSSR count). The summed E-state index contributed by atoms with van der Waals surface area (Å²) in [5.41, 5.74) is 0.943. The van der Waals surface area contributed by atoms with E-state index in [0.717, 1.165) is 29.1 Å². The van der Waals surface area contributed by atoms with E-state index in [2.05, 4.69) is 14.8 Å². The van der Waals surface area contributed by atoms with Crippen molar-refractivity contribution in [2.75, 3.05) is 4.72 Å². The quantitative estimate of drug-likeness (QED) is 0.514. The molecule has 6 nitrogen and oxygen atoms in total. The number of alkyl halides is 3. The minimum absolute atomic E-state index is 0.138. The molecular formula is C20H17F3N2O4S2. The van der Waals surface area contributed by atoms with Gasteiger partial charge in [0, 0.05) is 10.6 Å². The van der Waals surface area contributed by atoms with Crippen LogP contribution in [0.1, 0.15) is 10.4 Å². The van der Waals surface area contributed by atoms with Gasteiger partial charge >= 0.3 is 6.36 Å². The summed E-state index contributed by atoms with van der Waals surface area (Å²) in [7, 11) is -4.01. The summed E-state index contributed by atoms with van der Waals surface area (Å²) in [4.78, 5) is 12.8. The second-order valence-electron chi connectivity index (χ2n) is 6.35. The number of thiophene rings is 1. The Hall–Kier alpha value is -3.05. The molecule has 0 radical (unpaired) electrons. The molecule has 2 N–H and O–H groups in total. The molecule has 0 saturated heterocycles. The highest BCUT2D eigenvalue weighted by Gasteiger charge is 2.31. The Morgan fingerprint density at radius 3 is 2.26 bits per heavy atom. The Morgan fingerprint density at radius 1 is 1.00 bits per heavy atom. The third kappa shape index (κ3) is 7.00. The van der Waals surface area contributed by atoms with Crippen molar-refractivity contribution in [2.24, 2.45) is 0 Å². The third-order valence-electron chi connectivity index (χ3n) is 3.98. The average Bonchev–Trinajstić information content (AvgIpc) is 3.21. The first-order valence-corrected chi connectivity index (χ1v) is 11.2. The van der Waals surface area contributed by atoms with Crippen LogP contribution in [0.5, 0.6) is 5.75 Å². The minimum Gasteiger partial charge on any atom is -0.406 e. The van der Waals surface area contributed by atoms with Gasteiger partial charge in [-0.3, -0.25) is 9.52 Å². The lowest BCUT2D eigenvalue weighted by atomic mass is 10.1. The SMILES string of the molecule is O=C(Cc1ccc(NS(=O)(=O)c2ccc(OC(F)(F)F)cc2)cc1)NCc1cccs1. The molecule has 0 fully saturated rings. The maximum atomic E-state index is 12.4. The molecule has 3 aromatic rings. The number of halogens is 3. The molecule has 1 aromatic heterocycles. The van der Waals surface area contributed by atoms with Gasteiger partial charge in [0.15, 0.2) is 0 Å². The number of hydrogen-bond acceptors (Lipinski definition) is 5. The summed E-state index contributed by atoms with van der Waals surface area (Å²) in [6.45, 7) is 0.446. The van der Waals surface area contributed by atoms with Crippen LogP contribution in [0, 0.1) is 0 Å². The second-order valence-corrected chi connectivity index (χ2v) is 9.07. The lowest BCUT2D eigenvalue weighted by Gasteiger charge is -2.11. The van der Waals surface area contributed by atoms with Crippen molar-refractivity contribution in [3.8, 4) is 5.75 Å². The van der Waals surface area contributed by atoms with Crippen LogP contribution in [0.15, 0.2) is 70.9 Å². The Labute approximate surface area is 180 Å². The predicted octanol–water partition coefficient (Wildman–Crippen LogP) is 4.31. The van der Waals surface area contributed by atoms with Gasteiger partial charge in [0.25, 0.3) is 10.0 Å². The van der Waals surface area contributed by atoms with Gasteiger partial charge in [-0.15, -0.1) is 24.5 Å². The van der Waals surface area contributed by atoms with Crippen LogP contribution in [0.4, 0.5) is 18.9 Å². The van der Waals surface area contributed by atoms with Crippen molar-refractivity contribution in [1.82, 2.24) is 5.32 Å². The van der Waals surface area contributed by atoms with Crippen molar-refractivity contribution < 1.29 is 31.1 Å². The number of carbonyl (C=O) groups excluding carboxylic acids is 1. The molecule has 0 spiro atoms. The molecule has 0 aliphatic heterocycles. The summed E-state index contributed by atoms with van der Waals surface area (Å²) in [6, 6.07) is 13.9. The van der Waals surface area contributed by atoms with E-state index in [1.807, 2.05) is 17.5 Å². The first-order valence-electron chi connectivity index (χ1n) is 8.87. The predicted molar refractivity (Wildman–Crippen MR) is 110 cm³/mol. The van der Waals surface area contributed by atoms with Gasteiger partial charge < -0.3 is 10.1 Å². The number of nitrogens with one attached hydrogen (secondary N) is 2.